The second kappa shape index (κ2) is 1.62. The van der Waals surface area contributed by atoms with Crippen LogP contribution in [0.1, 0.15) is 13.8 Å². The zero-order chi connectivity index (χ0) is 5.28. The lowest BCUT2D eigenvalue weighted by Gasteiger charge is -2.00. The Morgan fingerprint density at radius 1 is 1.57 bits per heavy atom. The molecule has 0 aromatic rings. The largest absolute Gasteiger partial charge is 0.288 e. The molecule has 0 bridgehead atoms. The molecular weight excluding hydrogens is 88.1 g/mol. The molecule has 0 fully saturated rings. The summed E-state index contributed by atoms with van der Waals surface area (Å²) in [6, 6.07) is 0.481. The molecule has 0 saturated carbocycles. The van der Waals surface area contributed by atoms with Gasteiger partial charge in [0.2, 0.25) is 0 Å². The van der Waals surface area contributed by atoms with Crippen LogP contribution >= 0.6 is 0 Å². The lowest BCUT2D eigenvalue weighted by Crippen LogP contribution is -2.26. The summed E-state index contributed by atoms with van der Waals surface area (Å²) in [6.45, 7) is 4.13. The molecule has 2 heteroatoms. The van der Waals surface area contributed by atoms with Gasteiger partial charge in [0.25, 0.3) is 0 Å². The number of nitrogens with one attached hydrogen (secondary N) is 1. The molecule has 0 aromatic heterocycles. The Labute approximate surface area is 43.6 Å². The van der Waals surface area contributed by atoms with E-state index in [0.717, 1.165) is 0 Å². The molecule has 2 unspecified atom stereocenters. The van der Waals surface area contributed by atoms with E-state index in [4.69, 9.17) is 0 Å². The lowest BCUT2D eigenvalue weighted by atomic mass is 10.4. The molecule has 0 spiro atoms. The SMILES string of the molecule is CC1C=NC(C)N1. The van der Waals surface area contributed by atoms with E-state index in [-0.39, 0.29) is 0 Å². The van der Waals surface area contributed by atoms with Crippen molar-refractivity contribution in [3.05, 3.63) is 0 Å². The third-order valence-electron chi connectivity index (χ3n) is 1.04. The van der Waals surface area contributed by atoms with Crippen LogP contribution in [0.5, 0.6) is 0 Å². The zero-order valence-electron chi connectivity index (χ0n) is 4.68. The monoisotopic (exact) mass is 98.1 g/mol. The van der Waals surface area contributed by atoms with Crippen LogP contribution in [0.4, 0.5) is 0 Å². The van der Waals surface area contributed by atoms with Crippen molar-refractivity contribution in [2.24, 2.45) is 4.99 Å². The highest BCUT2D eigenvalue weighted by Crippen LogP contribution is 1.93. The number of nitrogens with zero attached hydrogens (tertiary/aromatic N) is 1. The molecule has 0 aliphatic carbocycles. The van der Waals surface area contributed by atoms with E-state index in [0.29, 0.717) is 12.2 Å². The van der Waals surface area contributed by atoms with Crippen molar-refractivity contribution in [3.63, 3.8) is 0 Å². The fourth-order valence-electron chi connectivity index (χ4n) is 0.725. The number of hydrogen-bond acceptors (Lipinski definition) is 2. The lowest BCUT2D eigenvalue weighted by molar-refractivity contribution is 0.596. The Balaban J connectivity index is 2.42. The topological polar surface area (TPSA) is 24.4 Å². The van der Waals surface area contributed by atoms with Crippen LogP contribution in [-0.4, -0.2) is 18.4 Å². The summed E-state index contributed by atoms with van der Waals surface area (Å²) >= 11 is 0. The highest BCUT2D eigenvalue weighted by molar-refractivity contribution is 5.65. The zero-order valence-corrected chi connectivity index (χ0v) is 4.68. The summed E-state index contributed by atoms with van der Waals surface area (Å²) < 4.78 is 0. The Bertz CT molecular complexity index is 78.1. The smallest absolute Gasteiger partial charge is 0.0967 e. The van der Waals surface area contributed by atoms with Gasteiger partial charge < -0.3 is 0 Å². The molecule has 1 rings (SSSR count). The van der Waals surface area contributed by atoms with Crippen LogP contribution in [0.25, 0.3) is 0 Å². The summed E-state index contributed by atoms with van der Waals surface area (Å²) in [6.07, 6.45) is 2.28. The molecule has 2 nitrogen and oxygen atoms in total. The molecule has 0 amide bonds. The van der Waals surface area contributed by atoms with Crippen LogP contribution in [0.15, 0.2) is 4.99 Å². The number of aliphatic imine (C=N–C) groups is 1. The van der Waals surface area contributed by atoms with Crippen molar-refractivity contribution in [1.82, 2.24) is 5.32 Å². The van der Waals surface area contributed by atoms with Crippen molar-refractivity contribution in [2.75, 3.05) is 0 Å². The molecule has 1 aliphatic heterocycles. The van der Waals surface area contributed by atoms with Crippen molar-refractivity contribution in [3.8, 4) is 0 Å². The van der Waals surface area contributed by atoms with Gasteiger partial charge in [-0.25, -0.2) is 0 Å². The Hall–Kier alpha value is -0.370. The summed E-state index contributed by atoms with van der Waals surface area (Å²) in [5.41, 5.74) is 0. The third-order valence-corrected chi connectivity index (χ3v) is 1.04. The maximum atomic E-state index is 4.08. The van der Waals surface area contributed by atoms with Gasteiger partial charge in [-0.15, -0.1) is 0 Å². The number of hydrogen-bond donors (Lipinski definition) is 1. The molecular formula is C5H10N2. The Morgan fingerprint density at radius 2 is 2.29 bits per heavy atom. The first-order chi connectivity index (χ1) is 3.29. The van der Waals surface area contributed by atoms with E-state index >= 15 is 0 Å². The molecule has 0 radical (unpaired) electrons. The molecule has 1 heterocycles. The van der Waals surface area contributed by atoms with Gasteiger partial charge in [-0.1, -0.05) is 0 Å². The minimum atomic E-state index is 0.343. The minimum Gasteiger partial charge on any atom is -0.288 e. The Kier molecular flexibility index (Phi) is 1.11. The van der Waals surface area contributed by atoms with Gasteiger partial charge in [0.15, 0.2) is 0 Å². The highest BCUT2D eigenvalue weighted by Gasteiger charge is 2.07. The standard InChI is InChI=1S/C5H10N2/c1-4-3-6-5(2)7-4/h3-5,7H,1-2H3. The van der Waals surface area contributed by atoms with Crippen molar-refractivity contribution in [2.45, 2.75) is 26.1 Å². The van der Waals surface area contributed by atoms with E-state index < -0.39 is 0 Å². The summed E-state index contributed by atoms with van der Waals surface area (Å²) in [7, 11) is 0. The fourth-order valence-corrected chi connectivity index (χ4v) is 0.725. The quantitative estimate of drug-likeness (QED) is 0.466. The van der Waals surface area contributed by atoms with Crippen LogP contribution in [0, 0.1) is 0 Å². The van der Waals surface area contributed by atoms with Gasteiger partial charge in [0.1, 0.15) is 0 Å². The van der Waals surface area contributed by atoms with Crippen LogP contribution in [-0.2, 0) is 0 Å². The van der Waals surface area contributed by atoms with E-state index in [1.165, 1.54) is 0 Å². The van der Waals surface area contributed by atoms with E-state index in [1.807, 2.05) is 13.1 Å². The molecule has 2 atom stereocenters. The maximum Gasteiger partial charge on any atom is 0.0967 e. The first kappa shape index (κ1) is 4.78. The van der Waals surface area contributed by atoms with E-state index in [2.05, 4.69) is 17.2 Å². The van der Waals surface area contributed by atoms with Gasteiger partial charge >= 0.3 is 0 Å². The normalized spacial score (nSPS) is 39.7. The first-order valence-electron chi connectivity index (χ1n) is 2.58. The minimum absolute atomic E-state index is 0.343. The van der Waals surface area contributed by atoms with Gasteiger partial charge in [-0.05, 0) is 13.8 Å². The summed E-state index contributed by atoms with van der Waals surface area (Å²) in [5.74, 6) is 0. The summed E-state index contributed by atoms with van der Waals surface area (Å²) in [4.78, 5) is 4.08. The fraction of sp³-hybridized carbons (Fsp3) is 0.800. The first-order valence-corrected chi connectivity index (χ1v) is 2.58. The molecule has 1 N–H and O–H groups in total. The maximum absolute atomic E-state index is 4.08. The van der Waals surface area contributed by atoms with Gasteiger partial charge in [0, 0.05) is 12.3 Å². The molecule has 0 saturated heterocycles. The highest BCUT2D eigenvalue weighted by atomic mass is 15.1. The van der Waals surface area contributed by atoms with Crippen molar-refractivity contribution < 1.29 is 0 Å². The predicted octanol–water partition coefficient (Wildman–Crippen LogP) is 0.395. The molecule has 7 heavy (non-hydrogen) atoms. The van der Waals surface area contributed by atoms with Crippen LogP contribution in [0.2, 0.25) is 0 Å². The van der Waals surface area contributed by atoms with Crippen molar-refractivity contribution >= 4 is 6.21 Å². The van der Waals surface area contributed by atoms with Gasteiger partial charge in [0.05, 0.1) is 6.17 Å². The second-order valence-corrected chi connectivity index (χ2v) is 1.93. The van der Waals surface area contributed by atoms with Crippen LogP contribution in [0.3, 0.4) is 0 Å². The third kappa shape index (κ3) is 0.996. The van der Waals surface area contributed by atoms with Gasteiger partial charge in [-0.2, -0.15) is 0 Å². The van der Waals surface area contributed by atoms with Crippen LogP contribution < -0.4 is 5.32 Å². The predicted molar refractivity (Wildman–Crippen MR) is 30.6 cm³/mol. The second-order valence-electron chi connectivity index (χ2n) is 1.93. The van der Waals surface area contributed by atoms with Gasteiger partial charge in [-0.3, -0.25) is 10.3 Å². The van der Waals surface area contributed by atoms with Crippen molar-refractivity contribution in [1.29, 1.82) is 0 Å². The molecule has 1 aliphatic rings. The number of rotatable bonds is 0. The average molecular weight is 98.1 g/mol. The Morgan fingerprint density at radius 3 is 2.43 bits per heavy atom. The van der Waals surface area contributed by atoms with E-state index in [1.54, 1.807) is 0 Å². The molecule has 40 valence electrons. The summed E-state index contributed by atoms with van der Waals surface area (Å²) in [5, 5.41) is 3.19. The van der Waals surface area contributed by atoms with E-state index in [9.17, 15) is 0 Å². The molecule has 0 aromatic carbocycles. The average Bonchev–Trinajstić information content (AvgIpc) is 1.87.